The molecule has 0 aliphatic heterocycles. The quantitative estimate of drug-likeness (QED) is 0.545. The summed E-state index contributed by atoms with van der Waals surface area (Å²) in [4.78, 5) is 13.2. The summed E-state index contributed by atoms with van der Waals surface area (Å²) in [6.07, 6.45) is -1.90. The summed E-state index contributed by atoms with van der Waals surface area (Å²) in [5, 5.41) is 6.17. The van der Waals surface area contributed by atoms with Crippen LogP contribution < -0.4 is 10.6 Å². The zero-order valence-electron chi connectivity index (χ0n) is 16.4. The van der Waals surface area contributed by atoms with Gasteiger partial charge in [0.1, 0.15) is 5.82 Å². The van der Waals surface area contributed by atoms with Crippen molar-refractivity contribution in [3.05, 3.63) is 59.8 Å². The molecule has 1 atom stereocenters. The van der Waals surface area contributed by atoms with Crippen LogP contribution in [0.25, 0.3) is 11.4 Å². The number of alkyl halides is 3. The monoisotopic (exact) mass is 401 g/mol. The van der Waals surface area contributed by atoms with E-state index >= 15 is 0 Å². The van der Waals surface area contributed by atoms with Gasteiger partial charge in [-0.2, -0.15) is 18.2 Å². The Morgan fingerprint density at radius 2 is 1.83 bits per heavy atom. The van der Waals surface area contributed by atoms with Crippen LogP contribution in [0.3, 0.4) is 0 Å². The summed E-state index contributed by atoms with van der Waals surface area (Å²) in [6, 6.07) is 11.4. The lowest BCUT2D eigenvalue weighted by atomic mass is 10.1. The molecule has 8 heteroatoms. The zero-order chi connectivity index (χ0) is 21.0. The molecule has 0 saturated carbocycles. The molecule has 2 heterocycles. The molecule has 5 nitrogen and oxygen atoms in total. The second-order valence-electron chi connectivity index (χ2n) is 6.78. The van der Waals surface area contributed by atoms with Crippen LogP contribution in [0.1, 0.15) is 31.4 Å². The number of halogens is 3. The molecular formula is C21H22F3N5. The van der Waals surface area contributed by atoms with Gasteiger partial charge in [-0.15, -0.1) is 0 Å². The Hall–Kier alpha value is -3.16. The normalized spacial score (nSPS) is 12.5. The van der Waals surface area contributed by atoms with Crippen molar-refractivity contribution in [1.29, 1.82) is 0 Å². The first-order chi connectivity index (χ1) is 13.8. The number of aromatic nitrogens is 3. The van der Waals surface area contributed by atoms with Crippen LogP contribution in [0.5, 0.6) is 0 Å². The Morgan fingerprint density at radius 1 is 1.03 bits per heavy atom. The van der Waals surface area contributed by atoms with Crippen LogP contribution in [-0.2, 0) is 6.18 Å². The van der Waals surface area contributed by atoms with Crippen LogP contribution >= 0.6 is 0 Å². The van der Waals surface area contributed by atoms with E-state index in [-0.39, 0.29) is 11.6 Å². The summed E-state index contributed by atoms with van der Waals surface area (Å²) in [5.41, 5.74) is 0.990. The second-order valence-corrected chi connectivity index (χ2v) is 6.78. The minimum atomic E-state index is -4.42. The molecule has 0 fully saturated rings. The summed E-state index contributed by atoms with van der Waals surface area (Å²) in [7, 11) is 0. The van der Waals surface area contributed by atoms with Gasteiger partial charge in [-0.25, -0.2) is 4.98 Å². The molecule has 3 rings (SSSR count). The molecule has 1 aromatic carbocycles. The first-order valence-corrected chi connectivity index (χ1v) is 9.28. The number of pyridine rings is 1. The summed E-state index contributed by atoms with van der Waals surface area (Å²) in [6.45, 7) is 5.47. The summed E-state index contributed by atoms with van der Waals surface area (Å²) < 4.78 is 39.7. The van der Waals surface area contributed by atoms with Crippen LogP contribution in [0.4, 0.5) is 30.6 Å². The minimum absolute atomic E-state index is 0.137. The fourth-order valence-corrected chi connectivity index (χ4v) is 2.70. The molecule has 0 aliphatic carbocycles. The number of hydrogen-bond acceptors (Lipinski definition) is 5. The van der Waals surface area contributed by atoms with Crippen molar-refractivity contribution in [3.63, 3.8) is 0 Å². The van der Waals surface area contributed by atoms with Crippen molar-refractivity contribution in [2.45, 2.75) is 39.4 Å². The third-order valence-electron chi connectivity index (χ3n) is 4.46. The van der Waals surface area contributed by atoms with Gasteiger partial charge in [-0.3, -0.25) is 4.98 Å². The van der Waals surface area contributed by atoms with Crippen molar-refractivity contribution in [1.82, 2.24) is 15.0 Å². The van der Waals surface area contributed by atoms with Gasteiger partial charge in [0.25, 0.3) is 0 Å². The van der Waals surface area contributed by atoms with Crippen LogP contribution in [0.2, 0.25) is 0 Å². The molecule has 0 amide bonds. The van der Waals surface area contributed by atoms with Gasteiger partial charge in [0.2, 0.25) is 5.95 Å². The van der Waals surface area contributed by atoms with E-state index in [1.165, 1.54) is 13.0 Å². The maximum atomic E-state index is 13.2. The molecule has 0 unspecified atom stereocenters. The lowest BCUT2D eigenvalue weighted by Gasteiger charge is -2.16. The number of nitrogens with zero attached hydrogens (tertiary/aromatic N) is 3. The van der Waals surface area contributed by atoms with Gasteiger partial charge in [-0.1, -0.05) is 19.1 Å². The van der Waals surface area contributed by atoms with Crippen LogP contribution in [0, 0.1) is 6.92 Å². The molecule has 0 aliphatic rings. The molecule has 2 N–H and O–H groups in total. The number of anilines is 3. The van der Waals surface area contributed by atoms with Gasteiger partial charge in [0.05, 0.1) is 17.0 Å². The maximum Gasteiger partial charge on any atom is 0.416 e. The topological polar surface area (TPSA) is 62.7 Å². The fraction of sp³-hybridized carbons (Fsp3) is 0.286. The largest absolute Gasteiger partial charge is 0.416 e. The molecule has 0 spiro atoms. The van der Waals surface area contributed by atoms with E-state index in [1.807, 2.05) is 26.0 Å². The summed E-state index contributed by atoms with van der Waals surface area (Å²) in [5.74, 6) is 0.761. The molecule has 3 aromatic rings. The highest BCUT2D eigenvalue weighted by Gasteiger charge is 2.32. The van der Waals surface area contributed by atoms with E-state index in [1.54, 1.807) is 24.4 Å². The molecular weight excluding hydrogens is 379 g/mol. The number of aryl methyl sites for hydroxylation is 1. The molecule has 0 saturated heterocycles. The Kier molecular flexibility index (Phi) is 6.00. The SMILES string of the molecule is CC[C@H](C)Nc1nc(Nc2ccc(C)c(C(F)(F)F)c2)cc(-c2ccccn2)n1. The Morgan fingerprint density at radius 3 is 2.48 bits per heavy atom. The van der Waals surface area contributed by atoms with Crippen molar-refractivity contribution in [2.24, 2.45) is 0 Å². The van der Waals surface area contributed by atoms with Gasteiger partial charge in [-0.05, 0) is 50.1 Å². The van der Waals surface area contributed by atoms with Crippen LogP contribution in [0.15, 0.2) is 48.7 Å². The average molecular weight is 401 g/mol. The number of nitrogens with one attached hydrogen (secondary N) is 2. The van der Waals surface area contributed by atoms with Gasteiger partial charge < -0.3 is 10.6 Å². The lowest BCUT2D eigenvalue weighted by Crippen LogP contribution is -2.16. The average Bonchev–Trinajstić information content (AvgIpc) is 2.69. The van der Waals surface area contributed by atoms with E-state index in [9.17, 15) is 13.2 Å². The lowest BCUT2D eigenvalue weighted by molar-refractivity contribution is -0.138. The first kappa shape index (κ1) is 20.6. The van der Waals surface area contributed by atoms with E-state index in [0.29, 0.717) is 28.8 Å². The Bertz CT molecular complexity index is 974. The van der Waals surface area contributed by atoms with E-state index < -0.39 is 11.7 Å². The summed E-state index contributed by atoms with van der Waals surface area (Å²) >= 11 is 0. The molecule has 0 bridgehead atoms. The highest BCUT2D eigenvalue weighted by molar-refractivity contribution is 5.66. The molecule has 152 valence electrons. The maximum absolute atomic E-state index is 13.2. The highest BCUT2D eigenvalue weighted by Crippen LogP contribution is 2.34. The van der Waals surface area contributed by atoms with Gasteiger partial charge >= 0.3 is 6.18 Å². The third kappa shape index (κ3) is 5.22. The van der Waals surface area contributed by atoms with E-state index in [2.05, 4.69) is 25.6 Å². The van der Waals surface area contributed by atoms with Crippen molar-refractivity contribution < 1.29 is 13.2 Å². The van der Waals surface area contributed by atoms with Crippen LogP contribution in [-0.4, -0.2) is 21.0 Å². The molecule has 29 heavy (non-hydrogen) atoms. The third-order valence-corrected chi connectivity index (χ3v) is 4.46. The van der Waals surface area contributed by atoms with Crippen molar-refractivity contribution in [2.75, 3.05) is 10.6 Å². The zero-order valence-corrected chi connectivity index (χ0v) is 16.4. The van der Waals surface area contributed by atoms with Gasteiger partial charge in [0, 0.05) is 24.0 Å². The van der Waals surface area contributed by atoms with Crippen molar-refractivity contribution >= 4 is 17.5 Å². The van der Waals surface area contributed by atoms with E-state index in [4.69, 9.17) is 0 Å². The first-order valence-electron chi connectivity index (χ1n) is 9.28. The highest BCUT2D eigenvalue weighted by atomic mass is 19.4. The second kappa shape index (κ2) is 8.46. The predicted molar refractivity (Wildman–Crippen MR) is 108 cm³/mol. The molecule has 2 aromatic heterocycles. The smallest absolute Gasteiger partial charge is 0.352 e. The van der Waals surface area contributed by atoms with Gasteiger partial charge in [0.15, 0.2) is 0 Å². The standard InChI is InChI=1S/C21H22F3N5/c1-4-14(3)26-20-28-18(17-7-5-6-10-25-17)12-19(29-20)27-15-9-8-13(2)16(11-15)21(22,23)24/h5-12,14H,4H2,1-3H3,(H2,26,27,28,29)/t14-/m0/s1. The minimum Gasteiger partial charge on any atom is -0.352 e. The number of rotatable bonds is 6. The predicted octanol–water partition coefficient (Wildman–Crippen LogP) is 5.82. The fourth-order valence-electron chi connectivity index (χ4n) is 2.70. The molecule has 0 radical (unpaired) electrons. The number of hydrogen-bond donors (Lipinski definition) is 2. The Balaban J connectivity index is 1.99. The van der Waals surface area contributed by atoms with E-state index in [0.717, 1.165) is 12.5 Å². The van der Waals surface area contributed by atoms with Crippen molar-refractivity contribution in [3.8, 4) is 11.4 Å². The number of benzene rings is 1. The Labute approximate surface area is 167 Å².